The minimum Gasteiger partial charge on any atom is -0.490 e. The van der Waals surface area contributed by atoms with E-state index < -0.39 is 36.7 Å². The third-order valence-electron chi connectivity index (χ3n) is 3.06. The Bertz CT molecular complexity index is 782. The van der Waals surface area contributed by atoms with Gasteiger partial charge in [0.1, 0.15) is 0 Å². The van der Waals surface area contributed by atoms with Crippen LogP contribution in [-0.4, -0.2) is 31.7 Å². The first kappa shape index (κ1) is 19.2. The molecule has 6 nitrogen and oxygen atoms in total. The Labute approximate surface area is 148 Å². The molecule has 0 aliphatic heterocycles. The molecule has 1 amide bonds. The van der Waals surface area contributed by atoms with Crippen LogP contribution < -0.4 is 14.8 Å². The van der Waals surface area contributed by atoms with Gasteiger partial charge in [-0.2, -0.15) is 0 Å². The highest BCUT2D eigenvalue weighted by Crippen LogP contribution is 2.26. The van der Waals surface area contributed by atoms with E-state index in [1.165, 1.54) is 6.07 Å². The lowest BCUT2D eigenvalue weighted by atomic mass is 10.3. The van der Waals surface area contributed by atoms with E-state index in [1.54, 1.807) is 24.3 Å². The second kappa shape index (κ2) is 9.36. The molecular weight excluding hydrogens is 348 g/mol. The molecule has 2 aromatic rings. The molecule has 0 heterocycles. The number of anilines is 1. The molecular formula is C18H17F2NO5. The summed E-state index contributed by atoms with van der Waals surface area (Å²) in [4.78, 5) is 23.3. The Balaban J connectivity index is 1.78. The first-order chi connectivity index (χ1) is 12.5. The third kappa shape index (κ3) is 5.73. The van der Waals surface area contributed by atoms with Crippen molar-refractivity contribution in [3.63, 3.8) is 0 Å². The molecule has 0 atom stereocenters. The van der Waals surface area contributed by atoms with Gasteiger partial charge in [0.05, 0.1) is 6.61 Å². The topological polar surface area (TPSA) is 73.9 Å². The molecule has 0 aliphatic carbocycles. The van der Waals surface area contributed by atoms with Gasteiger partial charge in [0.15, 0.2) is 36.3 Å². The summed E-state index contributed by atoms with van der Waals surface area (Å²) in [6, 6.07) is 9.69. The van der Waals surface area contributed by atoms with Crippen LogP contribution in [0.2, 0.25) is 0 Å². The first-order valence-electron chi connectivity index (χ1n) is 7.74. The number of hydrogen-bond donors (Lipinski definition) is 1. The summed E-state index contributed by atoms with van der Waals surface area (Å²) < 4.78 is 41.3. The first-order valence-corrected chi connectivity index (χ1v) is 7.74. The van der Waals surface area contributed by atoms with Crippen molar-refractivity contribution in [3.05, 3.63) is 54.1 Å². The van der Waals surface area contributed by atoms with E-state index in [0.29, 0.717) is 18.1 Å². The fourth-order valence-electron chi connectivity index (χ4n) is 1.94. The van der Waals surface area contributed by atoms with Gasteiger partial charge in [-0.15, -0.1) is 0 Å². The number of esters is 1. The van der Waals surface area contributed by atoms with Gasteiger partial charge in [0.25, 0.3) is 5.91 Å². The van der Waals surface area contributed by atoms with Crippen molar-refractivity contribution in [1.29, 1.82) is 0 Å². The fraction of sp³-hybridized carbons (Fsp3) is 0.222. The van der Waals surface area contributed by atoms with Crippen LogP contribution in [0.25, 0.3) is 0 Å². The zero-order valence-corrected chi connectivity index (χ0v) is 14.0. The number of rotatable bonds is 8. The maximum atomic E-state index is 13.1. The van der Waals surface area contributed by atoms with Gasteiger partial charge in [0, 0.05) is 11.8 Å². The minimum absolute atomic E-state index is 0.0480. The van der Waals surface area contributed by atoms with E-state index in [9.17, 15) is 18.4 Å². The van der Waals surface area contributed by atoms with Crippen LogP contribution in [0.1, 0.15) is 6.92 Å². The van der Waals surface area contributed by atoms with Crippen molar-refractivity contribution in [3.8, 4) is 11.5 Å². The highest BCUT2D eigenvalue weighted by molar-refractivity contribution is 5.92. The molecule has 0 aliphatic rings. The fourth-order valence-corrected chi connectivity index (χ4v) is 1.94. The van der Waals surface area contributed by atoms with Gasteiger partial charge >= 0.3 is 5.97 Å². The van der Waals surface area contributed by atoms with Gasteiger partial charge in [-0.3, -0.25) is 4.79 Å². The summed E-state index contributed by atoms with van der Waals surface area (Å²) in [7, 11) is 0. The quantitative estimate of drug-likeness (QED) is 0.728. The molecule has 0 fully saturated rings. The maximum absolute atomic E-state index is 13.1. The van der Waals surface area contributed by atoms with Crippen LogP contribution in [0.15, 0.2) is 42.5 Å². The number of amides is 1. The second-order valence-corrected chi connectivity index (χ2v) is 5.01. The van der Waals surface area contributed by atoms with Crippen LogP contribution in [-0.2, 0) is 14.3 Å². The predicted molar refractivity (Wildman–Crippen MR) is 89.1 cm³/mol. The van der Waals surface area contributed by atoms with Crippen molar-refractivity contribution in [2.75, 3.05) is 25.1 Å². The van der Waals surface area contributed by atoms with Crippen LogP contribution in [0.3, 0.4) is 0 Å². The molecule has 26 heavy (non-hydrogen) atoms. The highest BCUT2D eigenvalue weighted by atomic mass is 19.2. The van der Waals surface area contributed by atoms with Gasteiger partial charge in [-0.1, -0.05) is 12.1 Å². The normalized spacial score (nSPS) is 10.1. The summed E-state index contributed by atoms with van der Waals surface area (Å²) in [5, 5.41) is 2.28. The summed E-state index contributed by atoms with van der Waals surface area (Å²) in [6.45, 7) is 1.25. The third-order valence-corrected chi connectivity index (χ3v) is 3.06. The molecule has 0 saturated carbocycles. The molecule has 0 bridgehead atoms. The Kier molecular flexibility index (Phi) is 6.90. The van der Waals surface area contributed by atoms with E-state index in [4.69, 9.17) is 14.2 Å². The van der Waals surface area contributed by atoms with E-state index in [0.717, 1.165) is 12.1 Å². The minimum atomic E-state index is -1.10. The summed E-state index contributed by atoms with van der Waals surface area (Å²) >= 11 is 0. The van der Waals surface area contributed by atoms with Crippen molar-refractivity contribution < 1.29 is 32.6 Å². The summed E-state index contributed by atoms with van der Waals surface area (Å²) in [6.07, 6.45) is 0. The van der Waals surface area contributed by atoms with Gasteiger partial charge in [0.2, 0.25) is 0 Å². The monoisotopic (exact) mass is 365 g/mol. The van der Waals surface area contributed by atoms with Gasteiger partial charge in [-0.05, 0) is 31.2 Å². The number of nitrogens with one attached hydrogen (secondary N) is 1. The average molecular weight is 365 g/mol. The van der Waals surface area contributed by atoms with Gasteiger partial charge in [-0.25, -0.2) is 13.6 Å². The van der Waals surface area contributed by atoms with Crippen molar-refractivity contribution in [1.82, 2.24) is 0 Å². The zero-order valence-electron chi connectivity index (χ0n) is 14.0. The van der Waals surface area contributed by atoms with Crippen molar-refractivity contribution in [2.24, 2.45) is 0 Å². The lowest BCUT2D eigenvalue weighted by Crippen LogP contribution is -2.23. The molecule has 0 unspecified atom stereocenters. The molecule has 2 rings (SSSR count). The molecule has 138 valence electrons. The number of carbonyl (C=O) groups excluding carboxylic acids is 2. The maximum Gasteiger partial charge on any atom is 0.344 e. The Morgan fingerprint density at radius 2 is 1.65 bits per heavy atom. The van der Waals surface area contributed by atoms with E-state index in [1.807, 2.05) is 6.92 Å². The summed E-state index contributed by atoms with van der Waals surface area (Å²) in [5.41, 5.74) is 0.0480. The molecule has 2 aromatic carbocycles. The SMILES string of the molecule is CCOc1ccccc1OCC(=O)OCC(=O)Nc1ccc(F)c(F)c1. The largest absolute Gasteiger partial charge is 0.490 e. The zero-order chi connectivity index (χ0) is 18.9. The molecule has 0 spiro atoms. The second-order valence-electron chi connectivity index (χ2n) is 5.01. The van der Waals surface area contributed by atoms with Crippen LogP contribution in [0.4, 0.5) is 14.5 Å². The number of ether oxygens (including phenoxy) is 3. The van der Waals surface area contributed by atoms with Crippen molar-refractivity contribution in [2.45, 2.75) is 6.92 Å². The smallest absolute Gasteiger partial charge is 0.344 e. The average Bonchev–Trinajstić information content (AvgIpc) is 2.62. The van der Waals surface area contributed by atoms with E-state index >= 15 is 0 Å². The number of halogens is 2. The van der Waals surface area contributed by atoms with Gasteiger partial charge < -0.3 is 19.5 Å². The lowest BCUT2D eigenvalue weighted by molar-refractivity contribution is -0.149. The van der Waals surface area contributed by atoms with E-state index in [2.05, 4.69) is 5.32 Å². The molecule has 8 heteroatoms. The Hall–Kier alpha value is -3.16. The number of hydrogen-bond acceptors (Lipinski definition) is 5. The number of benzene rings is 2. The standard InChI is InChI=1S/C18H17F2NO5/c1-2-24-15-5-3-4-6-16(15)25-11-18(23)26-10-17(22)21-12-7-8-13(19)14(20)9-12/h3-9H,2,10-11H2,1H3,(H,21,22). The van der Waals surface area contributed by atoms with Crippen LogP contribution in [0.5, 0.6) is 11.5 Å². The Morgan fingerprint density at radius 3 is 2.31 bits per heavy atom. The lowest BCUT2D eigenvalue weighted by Gasteiger charge is -2.11. The van der Waals surface area contributed by atoms with E-state index in [-0.39, 0.29) is 5.69 Å². The number of carbonyl (C=O) groups is 2. The highest BCUT2D eigenvalue weighted by Gasteiger charge is 2.11. The summed E-state index contributed by atoms with van der Waals surface area (Å²) in [5.74, 6) is -2.73. The van der Waals surface area contributed by atoms with Crippen LogP contribution in [0, 0.1) is 11.6 Å². The molecule has 0 aromatic heterocycles. The van der Waals surface area contributed by atoms with Crippen molar-refractivity contribution >= 4 is 17.6 Å². The molecule has 0 radical (unpaired) electrons. The molecule has 0 saturated heterocycles. The van der Waals surface area contributed by atoms with Crippen LogP contribution >= 0.6 is 0 Å². The predicted octanol–water partition coefficient (Wildman–Crippen LogP) is 2.92. The molecule has 1 N–H and O–H groups in total. The Morgan fingerprint density at radius 1 is 0.962 bits per heavy atom. The number of para-hydroxylation sites is 2.